The average Bonchev–Trinajstić information content (AvgIpc) is 3.46. The molecule has 0 saturated heterocycles. The van der Waals surface area contributed by atoms with E-state index in [0.717, 1.165) is 38.5 Å². The first-order valence-electron chi connectivity index (χ1n) is 10.3. The maximum Gasteiger partial charge on any atom is 0.141 e. The molecule has 10 nitrogen and oxygen atoms in total. The van der Waals surface area contributed by atoms with Crippen molar-refractivity contribution in [1.29, 1.82) is 0 Å². The molecule has 3 heterocycles. The number of methoxy groups -OCH3 is 1. The number of aromatic nitrogens is 4. The molecule has 33 heavy (non-hydrogen) atoms. The molecule has 0 amide bonds. The van der Waals surface area contributed by atoms with Gasteiger partial charge in [-0.1, -0.05) is 30.3 Å². The van der Waals surface area contributed by atoms with Gasteiger partial charge < -0.3 is 24.8 Å². The predicted octanol–water partition coefficient (Wildman–Crippen LogP) is 3.16. The van der Waals surface area contributed by atoms with Gasteiger partial charge in [0.05, 0.1) is 43.6 Å². The third kappa shape index (κ3) is 3.66. The van der Waals surface area contributed by atoms with Crippen LogP contribution < -0.4 is 9.64 Å². The first-order chi connectivity index (χ1) is 16.1. The summed E-state index contributed by atoms with van der Waals surface area (Å²) in [7, 11) is 1.61. The van der Waals surface area contributed by atoms with Gasteiger partial charge in [-0.3, -0.25) is 4.90 Å². The molecule has 10 heteroatoms. The monoisotopic (exact) mass is 446 g/mol. The van der Waals surface area contributed by atoms with Crippen molar-refractivity contribution in [1.82, 2.24) is 24.8 Å². The van der Waals surface area contributed by atoms with Crippen LogP contribution >= 0.6 is 0 Å². The summed E-state index contributed by atoms with van der Waals surface area (Å²) in [5, 5.41) is 27.7. The third-order valence-electron chi connectivity index (χ3n) is 5.81. The Morgan fingerprint density at radius 1 is 1.00 bits per heavy atom. The molecule has 0 aliphatic carbocycles. The summed E-state index contributed by atoms with van der Waals surface area (Å²) >= 11 is 0. The largest absolute Gasteiger partial charge is 0.497 e. The van der Waals surface area contributed by atoms with Crippen LogP contribution in [-0.2, 0) is 11.3 Å². The number of fused-ring (bicyclic) bond motifs is 1. The van der Waals surface area contributed by atoms with Crippen LogP contribution in [0.25, 0.3) is 0 Å². The highest BCUT2D eigenvalue weighted by Gasteiger charge is 2.41. The molecule has 1 aliphatic rings. The van der Waals surface area contributed by atoms with Gasteiger partial charge in [-0.05, 0) is 23.8 Å². The molecule has 0 saturated carbocycles. The van der Waals surface area contributed by atoms with E-state index in [0.29, 0.717) is 17.8 Å². The molecule has 1 aliphatic heterocycles. The summed E-state index contributed by atoms with van der Waals surface area (Å²) in [5.74, 6) is 0.741. The number of carbonyl (C=O) groups is 1. The second-order valence-electron chi connectivity index (χ2n) is 7.72. The zero-order valence-electron chi connectivity index (χ0n) is 17.8. The molecular weight excluding hydrogens is 424 g/mol. The molecule has 2 aromatic carbocycles. The minimum Gasteiger partial charge on any atom is -0.497 e. The first-order valence-corrected chi connectivity index (χ1v) is 10.3. The summed E-state index contributed by atoms with van der Waals surface area (Å²) < 4.78 is 5.27. The van der Waals surface area contributed by atoms with E-state index in [1.165, 1.54) is 12.4 Å². The number of rotatable bonds is 6. The minimum atomic E-state index is -0.559. The highest BCUT2D eigenvalue weighted by atomic mass is 16.5. The Kier molecular flexibility index (Phi) is 5.19. The van der Waals surface area contributed by atoms with Gasteiger partial charge in [0.15, 0.2) is 0 Å². The van der Waals surface area contributed by atoms with Gasteiger partial charge in [-0.15, -0.1) is 19.9 Å². The molecular formula is C23H22N6O4. The fourth-order valence-electron chi connectivity index (χ4n) is 4.35. The molecule has 168 valence electrons. The van der Waals surface area contributed by atoms with Gasteiger partial charge in [-0.2, -0.15) is 0 Å². The standard InChI is InChI=1S/C23H22N6O4/c1-33-19-8-6-16(7-9-19)12-26-22(15-30)20-4-2-3-5-21(20)29(18-11-25-28(32)14-18)23(26)17-10-24-27(31)13-17/h2-11,13-15,22-23,31-32H,12H2,1H3. The third-order valence-corrected chi connectivity index (χ3v) is 5.81. The van der Waals surface area contributed by atoms with Crippen LogP contribution in [0.5, 0.6) is 5.75 Å². The smallest absolute Gasteiger partial charge is 0.141 e. The lowest BCUT2D eigenvalue weighted by atomic mass is 9.95. The fourth-order valence-corrected chi connectivity index (χ4v) is 4.35. The summed E-state index contributed by atoms with van der Waals surface area (Å²) in [6, 6.07) is 14.7. The quantitative estimate of drug-likeness (QED) is 0.343. The zero-order valence-corrected chi connectivity index (χ0v) is 17.8. The molecule has 2 atom stereocenters. The number of ether oxygens (including phenoxy) is 1. The number of carbonyl (C=O) groups excluding carboxylic acids is 1. The number of hydrogen-bond acceptors (Lipinski definition) is 8. The summed E-state index contributed by atoms with van der Waals surface area (Å²) in [6.07, 6.45) is 6.48. The number of para-hydroxylation sites is 1. The van der Waals surface area contributed by atoms with Crippen molar-refractivity contribution in [2.24, 2.45) is 0 Å². The van der Waals surface area contributed by atoms with Crippen LogP contribution in [0.2, 0.25) is 0 Å². The molecule has 0 fully saturated rings. The first kappa shape index (κ1) is 20.6. The zero-order chi connectivity index (χ0) is 22.9. The molecule has 2 aromatic heterocycles. The predicted molar refractivity (Wildman–Crippen MR) is 117 cm³/mol. The van der Waals surface area contributed by atoms with Crippen molar-refractivity contribution in [2.45, 2.75) is 18.8 Å². The molecule has 2 unspecified atom stereocenters. The van der Waals surface area contributed by atoms with Gasteiger partial charge in [0.2, 0.25) is 0 Å². The maximum absolute atomic E-state index is 12.4. The van der Waals surface area contributed by atoms with Crippen molar-refractivity contribution in [3.8, 4) is 5.75 Å². The SMILES string of the molecule is COc1ccc(CN2C(C=O)c3ccccc3N(c3cnn(O)c3)C2c2cnn(O)c2)cc1. The van der Waals surface area contributed by atoms with E-state index in [1.54, 1.807) is 19.5 Å². The van der Waals surface area contributed by atoms with E-state index in [4.69, 9.17) is 4.74 Å². The van der Waals surface area contributed by atoms with Crippen LogP contribution in [0.4, 0.5) is 11.4 Å². The Morgan fingerprint density at radius 3 is 2.36 bits per heavy atom. The maximum atomic E-state index is 12.4. The Bertz CT molecular complexity index is 1270. The second kappa shape index (κ2) is 8.32. The number of anilines is 2. The van der Waals surface area contributed by atoms with Crippen LogP contribution in [0, 0.1) is 0 Å². The lowest BCUT2D eigenvalue weighted by Crippen LogP contribution is -2.46. The fraction of sp³-hybridized carbons (Fsp3) is 0.174. The molecule has 5 rings (SSSR count). The van der Waals surface area contributed by atoms with Gasteiger partial charge in [0.25, 0.3) is 0 Å². The van der Waals surface area contributed by atoms with Gasteiger partial charge >= 0.3 is 0 Å². The van der Waals surface area contributed by atoms with Gasteiger partial charge in [0, 0.05) is 23.4 Å². The van der Waals surface area contributed by atoms with Crippen molar-refractivity contribution >= 4 is 17.7 Å². The number of aldehydes is 1. The molecule has 0 bridgehead atoms. The number of benzene rings is 2. The highest BCUT2D eigenvalue weighted by Crippen LogP contribution is 2.48. The Morgan fingerprint density at radius 2 is 1.73 bits per heavy atom. The Labute approximate surface area is 189 Å². The summed E-state index contributed by atoms with van der Waals surface area (Å²) in [4.78, 5) is 17.9. The topological polar surface area (TPSA) is 109 Å². The second-order valence-corrected chi connectivity index (χ2v) is 7.72. The average molecular weight is 446 g/mol. The minimum absolute atomic E-state index is 0.423. The Balaban J connectivity index is 1.69. The lowest BCUT2D eigenvalue weighted by molar-refractivity contribution is -0.114. The molecule has 0 radical (unpaired) electrons. The lowest BCUT2D eigenvalue weighted by Gasteiger charge is -2.47. The van der Waals surface area contributed by atoms with Gasteiger partial charge in [0.1, 0.15) is 18.2 Å². The van der Waals surface area contributed by atoms with E-state index in [2.05, 4.69) is 10.2 Å². The van der Waals surface area contributed by atoms with Gasteiger partial charge in [-0.25, -0.2) is 0 Å². The number of nitrogens with zero attached hydrogens (tertiary/aromatic N) is 6. The molecule has 0 spiro atoms. The van der Waals surface area contributed by atoms with Crippen molar-refractivity contribution in [3.63, 3.8) is 0 Å². The number of hydrogen-bond donors (Lipinski definition) is 2. The van der Waals surface area contributed by atoms with Crippen LogP contribution in [0.3, 0.4) is 0 Å². The van der Waals surface area contributed by atoms with Crippen molar-refractivity contribution < 1.29 is 19.9 Å². The normalized spacial score (nSPS) is 18.2. The molecule has 2 N–H and O–H groups in total. The van der Waals surface area contributed by atoms with E-state index in [9.17, 15) is 15.2 Å². The summed E-state index contributed by atoms with van der Waals surface area (Å²) in [6.45, 7) is 0.423. The Hall–Kier alpha value is -4.31. The van der Waals surface area contributed by atoms with E-state index >= 15 is 0 Å². The molecule has 4 aromatic rings. The van der Waals surface area contributed by atoms with E-state index < -0.39 is 12.2 Å². The van der Waals surface area contributed by atoms with E-state index in [1.807, 2.05) is 58.3 Å². The summed E-state index contributed by atoms with van der Waals surface area (Å²) in [5.41, 5.74) is 3.87. The van der Waals surface area contributed by atoms with E-state index in [-0.39, 0.29) is 0 Å². The van der Waals surface area contributed by atoms with Crippen LogP contribution in [0.1, 0.15) is 28.9 Å². The van der Waals surface area contributed by atoms with Crippen molar-refractivity contribution in [3.05, 3.63) is 90.0 Å². The van der Waals surface area contributed by atoms with Crippen molar-refractivity contribution in [2.75, 3.05) is 12.0 Å². The highest BCUT2D eigenvalue weighted by molar-refractivity contribution is 5.76. The van der Waals surface area contributed by atoms with Crippen LogP contribution in [-0.4, -0.2) is 48.6 Å². The van der Waals surface area contributed by atoms with Crippen LogP contribution in [0.15, 0.2) is 73.3 Å².